The van der Waals surface area contributed by atoms with Crippen LogP contribution in [0.5, 0.6) is 5.75 Å². The van der Waals surface area contributed by atoms with E-state index in [1.54, 1.807) is 57.5 Å². The van der Waals surface area contributed by atoms with Gasteiger partial charge in [-0.3, -0.25) is 9.59 Å². The van der Waals surface area contributed by atoms with Gasteiger partial charge in [0.15, 0.2) is 5.13 Å². The molecule has 1 fully saturated rings. The van der Waals surface area contributed by atoms with Crippen molar-refractivity contribution in [2.75, 3.05) is 12.4 Å². The van der Waals surface area contributed by atoms with Gasteiger partial charge in [-0.1, -0.05) is 49.4 Å². The topological polar surface area (TPSA) is 121 Å². The zero-order chi connectivity index (χ0) is 26.0. The van der Waals surface area contributed by atoms with Gasteiger partial charge in [0.2, 0.25) is 5.91 Å². The molecule has 4 amide bonds. The van der Waals surface area contributed by atoms with Gasteiger partial charge in [-0.05, 0) is 37.1 Å². The normalized spacial score (nSPS) is 17.5. The second-order valence-corrected chi connectivity index (χ2v) is 9.95. The summed E-state index contributed by atoms with van der Waals surface area (Å²) >= 11 is 1.16. The second-order valence-electron chi connectivity index (χ2n) is 9.09. The smallest absolute Gasteiger partial charge is 0.325 e. The lowest BCUT2D eigenvalue weighted by atomic mass is 9.91. The van der Waals surface area contributed by atoms with E-state index in [9.17, 15) is 19.5 Å². The first kappa shape index (κ1) is 25.3. The molecule has 3 N–H and O–H groups in total. The predicted octanol–water partition coefficient (Wildman–Crippen LogP) is 3.78. The standard InChI is InChI=1S/C26H28N4O5S/c1-15(16-8-6-5-7-9-16)21(22(31)29-24-27-19(14-36-24)26(2,3)34)30-23(32)20(28-25(30)33)17-10-12-18(35-4)13-11-17/h5-15,20-21,34H,1-4H3,(H,28,33)(H,27,29,31)/t15?,20-,21?/m1/s1. The van der Waals surface area contributed by atoms with Crippen LogP contribution in [0.3, 0.4) is 0 Å². The van der Waals surface area contributed by atoms with Crippen molar-refractivity contribution in [3.63, 3.8) is 0 Å². The van der Waals surface area contributed by atoms with E-state index in [2.05, 4.69) is 15.6 Å². The number of anilines is 1. The Bertz CT molecular complexity index is 1250. The quantitative estimate of drug-likeness (QED) is 0.398. The second kappa shape index (κ2) is 10.1. The van der Waals surface area contributed by atoms with Crippen LogP contribution in [0.1, 0.15) is 49.6 Å². The van der Waals surface area contributed by atoms with Crippen molar-refractivity contribution >= 4 is 34.3 Å². The number of hydrogen-bond acceptors (Lipinski definition) is 7. The molecule has 9 nitrogen and oxygen atoms in total. The van der Waals surface area contributed by atoms with Gasteiger partial charge < -0.3 is 20.5 Å². The molecule has 4 rings (SSSR count). The summed E-state index contributed by atoms with van der Waals surface area (Å²) in [5, 5.41) is 17.6. The Morgan fingerprint density at radius 3 is 2.42 bits per heavy atom. The van der Waals surface area contributed by atoms with Crippen molar-refractivity contribution in [1.82, 2.24) is 15.2 Å². The molecule has 1 aliphatic heterocycles. The van der Waals surface area contributed by atoms with E-state index < -0.39 is 41.4 Å². The summed E-state index contributed by atoms with van der Waals surface area (Å²) in [5.74, 6) is -0.966. The van der Waals surface area contributed by atoms with Crippen LogP contribution in [0.15, 0.2) is 60.0 Å². The number of imide groups is 1. The fourth-order valence-electron chi connectivity index (χ4n) is 4.08. The molecule has 3 atom stereocenters. The molecule has 1 aliphatic rings. The molecule has 0 saturated carbocycles. The van der Waals surface area contributed by atoms with Crippen molar-refractivity contribution in [2.45, 2.75) is 44.4 Å². The van der Waals surface area contributed by atoms with Gasteiger partial charge in [0.25, 0.3) is 5.91 Å². The number of methoxy groups -OCH3 is 1. The molecule has 0 aliphatic carbocycles. The number of hydrogen-bond donors (Lipinski definition) is 3. The summed E-state index contributed by atoms with van der Waals surface area (Å²) in [6, 6.07) is 13.3. The fraction of sp³-hybridized carbons (Fsp3) is 0.308. The minimum atomic E-state index is -1.17. The molecule has 1 saturated heterocycles. The summed E-state index contributed by atoms with van der Waals surface area (Å²) in [5.41, 5.74) is 0.609. The number of benzene rings is 2. The van der Waals surface area contributed by atoms with E-state index in [1.165, 1.54) is 0 Å². The fourth-order valence-corrected chi connectivity index (χ4v) is 4.95. The van der Waals surface area contributed by atoms with Crippen molar-refractivity contribution in [3.8, 4) is 5.75 Å². The van der Waals surface area contributed by atoms with Gasteiger partial charge in [0, 0.05) is 11.3 Å². The first-order chi connectivity index (χ1) is 17.1. The lowest BCUT2D eigenvalue weighted by Crippen LogP contribution is -2.50. The first-order valence-corrected chi connectivity index (χ1v) is 12.3. The van der Waals surface area contributed by atoms with Crippen LogP contribution < -0.4 is 15.4 Å². The molecule has 2 aromatic carbocycles. The lowest BCUT2D eigenvalue weighted by molar-refractivity contribution is -0.134. The van der Waals surface area contributed by atoms with Crippen LogP contribution in [0.4, 0.5) is 9.93 Å². The van der Waals surface area contributed by atoms with E-state index in [0.717, 1.165) is 21.8 Å². The molecule has 3 aromatic rings. The number of thiazole rings is 1. The van der Waals surface area contributed by atoms with Gasteiger partial charge in [-0.15, -0.1) is 11.3 Å². The van der Waals surface area contributed by atoms with Crippen LogP contribution in [-0.2, 0) is 15.2 Å². The SMILES string of the molecule is COc1ccc([C@H]2NC(=O)N(C(C(=O)Nc3nc(C(C)(C)O)cs3)C(C)c3ccccc3)C2=O)cc1. The summed E-state index contributed by atoms with van der Waals surface area (Å²) in [4.78, 5) is 45.5. The zero-order valence-corrected chi connectivity index (χ0v) is 21.2. The van der Waals surface area contributed by atoms with E-state index >= 15 is 0 Å². The maximum absolute atomic E-state index is 13.6. The average molecular weight is 509 g/mol. The minimum Gasteiger partial charge on any atom is -0.497 e. The lowest BCUT2D eigenvalue weighted by Gasteiger charge is -2.29. The predicted molar refractivity (Wildman–Crippen MR) is 136 cm³/mol. The third-order valence-electron chi connectivity index (χ3n) is 6.13. The van der Waals surface area contributed by atoms with Crippen LogP contribution in [0.2, 0.25) is 0 Å². The minimum absolute atomic E-state index is 0.265. The highest BCUT2D eigenvalue weighted by molar-refractivity contribution is 7.14. The van der Waals surface area contributed by atoms with Gasteiger partial charge in [0.05, 0.1) is 12.8 Å². The molecular formula is C26H28N4O5S. The zero-order valence-electron chi connectivity index (χ0n) is 20.4. The monoisotopic (exact) mass is 508 g/mol. The Morgan fingerprint density at radius 2 is 1.83 bits per heavy atom. The van der Waals surface area contributed by atoms with Crippen molar-refractivity contribution in [2.24, 2.45) is 0 Å². The number of urea groups is 1. The van der Waals surface area contributed by atoms with E-state index in [0.29, 0.717) is 17.0 Å². The molecule has 0 radical (unpaired) electrons. The van der Waals surface area contributed by atoms with E-state index in [-0.39, 0.29) is 5.13 Å². The van der Waals surface area contributed by atoms with Crippen LogP contribution in [0.25, 0.3) is 0 Å². The number of nitrogens with one attached hydrogen (secondary N) is 2. The number of rotatable bonds is 8. The van der Waals surface area contributed by atoms with Crippen LogP contribution >= 0.6 is 11.3 Å². The maximum atomic E-state index is 13.6. The Labute approximate surface area is 213 Å². The van der Waals surface area contributed by atoms with Crippen molar-refractivity contribution in [1.29, 1.82) is 0 Å². The molecule has 36 heavy (non-hydrogen) atoms. The highest BCUT2D eigenvalue weighted by Crippen LogP contribution is 2.32. The molecule has 0 bridgehead atoms. The molecule has 2 heterocycles. The first-order valence-electron chi connectivity index (χ1n) is 11.4. The summed E-state index contributed by atoms with van der Waals surface area (Å²) in [7, 11) is 1.54. The Kier molecular flexibility index (Phi) is 7.09. The van der Waals surface area contributed by atoms with Gasteiger partial charge in [-0.25, -0.2) is 14.7 Å². The Hall–Kier alpha value is -3.76. The van der Waals surface area contributed by atoms with Crippen molar-refractivity contribution < 1.29 is 24.2 Å². The number of carbonyl (C=O) groups is 3. The number of amides is 4. The summed E-state index contributed by atoms with van der Waals surface area (Å²) < 4.78 is 5.17. The van der Waals surface area contributed by atoms with Gasteiger partial charge in [0.1, 0.15) is 23.4 Å². The highest BCUT2D eigenvalue weighted by atomic mass is 32.1. The van der Waals surface area contributed by atoms with E-state index in [4.69, 9.17) is 4.74 Å². The third-order valence-corrected chi connectivity index (χ3v) is 6.88. The molecular weight excluding hydrogens is 480 g/mol. The number of ether oxygens (including phenoxy) is 1. The number of aromatic nitrogens is 1. The average Bonchev–Trinajstić information content (AvgIpc) is 3.45. The summed E-state index contributed by atoms with van der Waals surface area (Å²) in [6.45, 7) is 4.99. The molecule has 0 spiro atoms. The van der Waals surface area contributed by atoms with E-state index in [1.807, 2.05) is 30.3 Å². The largest absolute Gasteiger partial charge is 0.497 e. The third kappa shape index (κ3) is 5.09. The Balaban J connectivity index is 1.66. The molecule has 2 unspecified atom stereocenters. The summed E-state index contributed by atoms with van der Waals surface area (Å²) in [6.07, 6.45) is 0. The van der Waals surface area contributed by atoms with Crippen LogP contribution in [-0.4, -0.2) is 46.0 Å². The number of carbonyl (C=O) groups excluding carboxylic acids is 3. The number of aliphatic hydroxyl groups is 1. The van der Waals surface area contributed by atoms with Gasteiger partial charge in [-0.2, -0.15) is 0 Å². The molecule has 188 valence electrons. The highest BCUT2D eigenvalue weighted by Gasteiger charge is 2.47. The Morgan fingerprint density at radius 1 is 1.17 bits per heavy atom. The molecule has 1 aromatic heterocycles. The maximum Gasteiger partial charge on any atom is 0.325 e. The van der Waals surface area contributed by atoms with Gasteiger partial charge >= 0.3 is 6.03 Å². The van der Waals surface area contributed by atoms with Crippen molar-refractivity contribution in [3.05, 3.63) is 76.8 Å². The number of nitrogens with zero attached hydrogens (tertiary/aromatic N) is 2. The molecule has 10 heteroatoms. The van der Waals surface area contributed by atoms with Crippen LogP contribution in [0, 0.1) is 0 Å².